The summed E-state index contributed by atoms with van der Waals surface area (Å²) in [5.41, 5.74) is -0.00866. The van der Waals surface area contributed by atoms with Gasteiger partial charge in [0, 0.05) is 8.99 Å². The Balaban J connectivity index is 2.76. The molecule has 0 heterocycles. The van der Waals surface area contributed by atoms with Crippen LogP contribution < -0.4 is 0 Å². The molecule has 2 heteroatoms. The van der Waals surface area contributed by atoms with Crippen LogP contribution in [0.15, 0.2) is 21.8 Å². The molecule has 0 bridgehead atoms. The molecule has 0 saturated heterocycles. The summed E-state index contributed by atoms with van der Waals surface area (Å²) in [5, 5.41) is 8.99. The minimum atomic E-state index is -0.00866. The predicted molar refractivity (Wildman–Crippen MR) is 51.1 cm³/mol. The van der Waals surface area contributed by atoms with Crippen molar-refractivity contribution < 1.29 is 5.11 Å². The summed E-state index contributed by atoms with van der Waals surface area (Å²) < 4.78 is 1.22. The summed E-state index contributed by atoms with van der Waals surface area (Å²) in [5.74, 6) is 0. The Labute approximate surface area is 75.0 Å². The first-order chi connectivity index (χ1) is 4.66. The molecule has 0 aromatic rings. The molecule has 0 radical (unpaired) electrons. The third-order valence-corrected chi connectivity index (χ3v) is 2.38. The summed E-state index contributed by atoms with van der Waals surface area (Å²) >= 11 is 2.27. The summed E-state index contributed by atoms with van der Waals surface area (Å²) in [7, 11) is 0. The van der Waals surface area contributed by atoms with E-state index in [4.69, 9.17) is 5.11 Å². The Hall–Kier alpha value is 0.170. The van der Waals surface area contributed by atoms with Crippen LogP contribution in [0.5, 0.6) is 0 Å². The highest BCUT2D eigenvalue weighted by Crippen LogP contribution is 2.31. The van der Waals surface area contributed by atoms with Crippen LogP contribution in [0.4, 0.5) is 0 Å². The Morgan fingerprint density at radius 3 is 2.90 bits per heavy atom. The Kier molecular flexibility index (Phi) is 2.52. The highest BCUT2D eigenvalue weighted by molar-refractivity contribution is 14.1. The fraction of sp³-hybridized carbons (Fsp3) is 0.500. The Morgan fingerprint density at radius 2 is 2.50 bits per heavy atom. The van der Waals surface area contributed by atoms with Crippen LogP contribution in [0, 0.1) is 5.41 Å². The third kappa shape index (κ3) is 1.83. The molecule has 56 valence electrons. The van der Waals surface area contributed by atoms with E-state index in [9.17, 15) is 0 Å². The predicted octanol–water partition coefficient (Wildman–Crippen LogP) is 2.26. The number of allylic oxidation sites excluding steroid dienone is 3. The first-order valence-corrected chi connectivity index (χ1v) is 4.40. The molecule has 1 aliphatic carbocycles. The second-order valence-corrected chi connectivity index (χ2v) is 4.19. The van der Waals surface area contributed by atoms with E-state index in [1.54, 1.807) is 0 Å². The van der Waals surface area contributed by atoms with Gasteiger partial charge in [-0.3, -0.25) is 0 Å². The van der Waals surface area contributed by atoms with Gasteiger partial charge in [-0.1, -0.05) is 25.2 Å². The van der Waals surface area contributed by atoms with E-state index in [0.717, 1.165) is 6.42 Å². The molecule has 0 amide bonds. The molecule has 1 atom stereocenters. The molecule has 1 unspecified atom stereocenters. The van der Waals surface area contributed by atoms with Gasteiger partial charge in [-0.05, 0) is 29.0 Å². The molecule has 0 aromatic carbocycles. The van der Waals surface area contributed by atoms with E-state index in [-0.39, 0.29) is 12.0 Å². The molecular formula is C8H11IO. The van der Waals surface area contributed by atoms with Gasteiger partial charge in [0.25, 0.3) is 0 Å². The second-order valence-electron chi connectivity index (χ2n) is 2.95. The van der Waals surface area contributed by atoms with Gasteiger partial charge in [0.1, 0.15) is 0 Å². The van der Waals surface area contributed by atoms with Crippen molar-refractivity contribution in [3.05, 3.63) is 21.8 Å². The molecule has 0 saturated carbocycles. The van der Waals surface area contributed by atoms with Gasteiger partial charge in [-0.2, -0.15) is 0 Å². The standard InChI is InChI=1S/C8H11IO/c1-8(6-10)4-2-3-7(9)5-8/h2-3,5,10H,4,6H2,1H3. The maximum Gasteiger partial charge on any atom is 0.0522 e. The zero-order valence-electron chi connectivity index (χ0n) is 5.97. The first-order valence-electron chi connectivity index (χ1n) is 3.32. The van der Waals surface area contributed by atoms with Crippen LogP contribution in [0.1, 0.15) is 13.3 Å². The molecule has 0 fully saturated rings. The smallest absolute Gasteiger partial charge is 0.0522 e. The summed E-state index contributed by atoms with van der Waals surface area (Å²) in [6.07, 6.45) is 7.26. The van der Waals surface area contributed by atoms with Crippen LogP contribution in [0.25, 0.3) is 0 Å². The molecule has 1 nitrogen and oxygen atoms in total. The van der Waals surface area contributed by atoms with Crippen molar-refractivity contribution in [2.75, 3.05) is 6.61 Å². The molecule has 1 N–H and O–H groups in total. The number of rotatable bonds is 1. The van der Waals surface area contributed by atoms with Gasteiger partial charge >= 0.3 is 0 Å². The van der Waals surface area contributed by atoms with E-state index in [1.165, 1.54) is 3.58 Å². The average molecular weight is 250 g/mol. The lowest BCUT2D eigenvalue weighted by Crippen LogP contribution is -2.19. The maximum atomic E-state index is 8.99. The lowest BCUT2D eigenvalue weighted by Gasteiger charge is -2.24. The van der Waals surface area contributed by atoms with Crippen molar-refractivity contribution in [1.82, 2.24) is 0 Å². The largest absolute Gasteiger partial charge is 0.395 e. The summed E-state index contributed by atoms with van der Waals surface area (Å²) in [6.45, 7) is 2.30. The second kappa shape index (κ2) is 3.05. The van der Waals surface area contributed by atoms with Crippen LogP contribution in [0.3, 0.4) is 0 Å². The van der Waals surface area contributed by atoms with Gasteiger partial charge in [-0.15, -0.1) is 0 Å². The highest BCUT2D eigenvalue weighted by Gasteiger charge is 2.20. The quantitative estimate of drug-likeness (QED) is 0.708. The van der Waals surface area contributed by atoms with Crippen molar-refractivity contribution in [2.45, 2.75) is 13.3 Å². The van der Waals surface area contributed by atoms with E-state index >= 15 is 0 Å². The van der Waals surface area contributed by atoms with E-state index in [1.807, 2.05) is 0 Å². The number of halogens is 1. The summed E-state index contributed by atoms with van der Waals surface area (Å²) in [4.78, 5) is 0. The van der Waals surface area contributed by atoms with Gasteiger partial charge in [-0.25, -0.2) is 0 Å². The maximum absolute atomic E-state index is 8.99. The molecule has 0 aromatic heterocycles. The molecular weight excluding hydrogens is 239 g/mol. The lowest BCUT2D eigenvalue weighted by molar-refractivity contribution is 0.185. The van der Waals surface area contributed by atoms with Gasteiger partial charge in [0.2, 0.25) is 0 Å². The van der Waals surface area contributed by atoms with E-state index in [0.29, 0.717) is 0 Å². The topological polar surface area (TPSA) is 20.2 Å². The minimum absolute atomic E-state index is 0.00866. The van der Waals surface area contributed by atoms with Crippen molar-refractivity contribution >= 4 is 22.6 Å². The monoisotopic (exact) mass is 250 g/mol. The Morgan fingerprint density at radius 1 is 1.80 bits per heavy atom. The fourth-order valence-corrected chi connectivity index (χ4v) is 2.00. The average Bonchev–Trinajstić information content (AvgIpc) is 1.88. The molecule has 1 rings (SSSR count). The Bertz CT molecular complexity index is 184. The van der Waals surface area contributed by atoms with Crippen molar-refractivity contribution in [3.8, 4) is 0 Å². The molecule has 0 aliphatic heterocycles. The zero-order valence-corrected chi connectivity index (χ0v) is 8.13. The van der Waals surface area contributed by atoms with E-state index < -0.39 is 0 Å². The van der Waals surface area contributed by atoms with Crippen LogP contribution in [0.2, 0.25) is 0 Å². The fourth-order valence-electron chi connectivity index (χ4n) is 0.991. The lowest BCUT2D eigenvalue weighted by atomic mass is 9.85. The minimum Gasteiger partial charge on any atom is -0.395 e. The van der Waals surface area contributed by atoms with Gasteiger partial charge in [0.05, 0.1) is 6.61 Å². The number of hydrogen-bond donors (Lipinski definition) is 1. The van der Waals surface area contributed by atoms with Gasteiger partial charge < -0.3 is 5.11 Å². The summed E-state index contributed by atoms with van der Waals surface area (Å²) in [6, 6.07) is 0. The molecule has 1 aliphatic rings. The molecule has 10 heavy (non-hydrogen) atoms. The van der Waals surface area contributed by atoms with Crippen LogP contribution in [-0.4, -0.2) is 11.7 Å². The van der Waals surface area contributed by atoms with Crippen LogP contribution in [-0.2, 0) is 0 Å². The molecule has 0 spiro atoms. The van der Waals surface area contributed by atoms with Crippen molar-refractivity contribution in [2.24, 2.45) is 5.41 Å². The van der Waals surface area contributed by atoms with Crippen molar-refractivity contribution in [3.63, 3.8) is 0 Å². The zero-order chi connectivity index (χ0) is 7.61. The SMILES string of the molecule is CC1(CO)C=C(I)C=CC1. The van der Waals surface area contributed by atoms with Gasteiger partial charge in [0.15, 0.2) is 0 Å². The van der Waals surface area contributed by atoms with Crippen LogP contribution >= 0.6 is 22.6 Å². The third-order valence-electron chi connectivity index (χ3n) is 1.71. The van der Waals surface area contributed by atoms with Crippen molar-refractivity contribution in [1.29, 1.82) is 0 Å². The number of hydrogen-bond acceptors (Lipinski definition) is 1. The highest BCUT2D eigenvalue weighted by atomic mass is 127. The number of aliphatic hydroxyl groups excluding tert-OH is 1. The first kappa shape index (κ1) is 8.27. The number of aliphatic hydroxyl groups is 1. The van der Waals surface area contributed by atoms with E-state index in [2.05, 4.69) is 47.7 Å². The normalized spacial score (nSPS) is 32.1.